The zero-order valence-corrected chi connectivity index (χ0v) is 16.9. The second-order valence-electron chi connectivity index (χ2n) is 8.08. The predicted octanol–water partition coefficient (Wildman–Crippen LogP) is 2.23. The van der Waals surface area contributed by atoms with Crippen LogP contribution in [0, 0.1) is 0 Å². The van der Waals surface area contributed by atoms with Gasteiger partial charge >= 0.3 is 6.03 Å². The summed E-state index contributed by atoms with van der Waals surface area (Å²) >= 11 is 0. The SMILES string of the molecule is O=C(C[C@@H]1CC[C@H](NC(=O)NC2CCCCC2)[C@H](CO)O1)NCc1ccccc1. The van der Waals surface area contributed by atoms with Crippen molar-refractivity contribution < 1.29 is 19.4 Å². The Labute approximate surface area is 172 Å². The summed E-state index contributed by atoms with van der Waals surface area (Å²) < 4.78 is 5.91. The number of aliphatic hydroxyl groups excluding tert-OH is 1. The van der Waals surface area contributed by atoms with Crippen LogP contribution in [0.15, 0.2) is 30.3 Å². The van der Waals surface area contributed by atoms with Gasteiger partial charge in [-0.25, -0.2) is 4.79 Å². The van der Waals surface area contributed by atoms with E-state index < -0.39 is 6.10 Å². The first-order chi connectivity index (χ1) is 14.1. The van der Waals surface area contributed by atoms with Gasteiger partial charge < -0.3 is 25.8 Å². The smallest absolute Gasteiger partial charge is 0.315 e. The summed E-state index contributed by atoms with van der Waals surface area (Å²) in [6.07, 6.45) is 6.47. The summed E-state index contributed by atoms with van der Waals surface area (Å²) in [7, 11) is 0. The lowest BCUT2D eigenvalue weighted by atomic mass is 9.95. The minimum absolute atomic E-state index is 0.0722. The summed E-state index contributed by atoms with van der Waals surface area (Å²) in [5.74, 6) is -0.0722. The number of ether oxygens (including phenoxy) is 1. The number of hydrogen-bond donors (Lipinski definition) is 4. The Morgan fingerprint density at radius 2 is 1.76 bits per heavy atom. The number of carbonyl (C=O) groups excluding carboxylic acids is 2. The van der Waals surface area contributed by atoms with Crippen molar-refractivity contribution >= 4 is 11.9 Å². The molecule has 0 aromatic heterocycles. The highest BCUT2D eigenvalue weighted by Gasteiger charge is 2.33. The van der Waals surface area contributed by atoms with Gasteiger partial charge in [-0.1, -0.05) is 49.6 Å². The molecule has 1 aliphatic carbocycles. The first kappa shape index (κ1) is 21.6. The van der Waals surface area contributed by atoms with Gasteiger partial charge in [0.05, 0.1) is 25.2 Å². The molecule has 3 atom stereocenters. The summed E-state index contributed by atoms with van der Waals surface area (Å²) in [5, 5.41) is 18.6. The number of benzene rings is 1. The Kier molecular flexibility index (Phi) is 8.31. The number of aliphatic hydroxyl groups is 1. The molecule has 1 saturated heterocycles. The number of hydrogen-bond acceptors (Lipinski definition) is 4. The average molecular weight is 404 g/mol. The lowest BCUT2D eigenvalue weighted by Crippen LogP contribution is -2.55. The quantitative estimate of drug-likeness (QED) is 0.561. The minimum Gasteiger partial charge on any atom is -0.394 e. The van der Waals surface area contributed by atoms with Crippen molar-refractivity contribution in [3.63, 3.8) is 0 Å². The number of urea groups is 1. The monoisotopic (exact) mass is 403 g/mol. The predicted molar refractivity (Wildman–Crippen MR) is 110 cm³/mol. The first-order valence-electron chi connectivity index (χ1n) is 10.8. The summed E-state index contributed by atoms with van der Waals surface area (Å²) in [4.78, 5) is 24.5. The van der Waals surface area contributed by atoms with E-state index in [0.717, 1.165) is 31.2 Å². The third-order valence-corrected chi connectivity index (χ3v) is 5.80. The Hall–Kier alpha value is -2.12. The molecular weight excluding hydrogens is 370 g/mol. The molecule has 0 radical (unpaired) electrons. The van der Waals surface area contributed by atoms with Crippen LogP contribution >= 0.6 is 0 Å². The van der Waals surface area contributed by atoms with E-state index in [4.69, 9.17) is 4.74 Å². The molecule has 0 spiro atoms. The van der Waals surface area contributed by atoms with Gasteiger partial charge in [0.2, 0.25) is 5.91 Å². The Morgan fingerprint density at radius 1 is 1.00 bits per heavy atom. The zero-order chi connectivity index (χ0) is 20.5. The second-order valence-corrected chi connectivity index (χ2v) is 8.08. The maximum absolute atomic E-state index is 12.3. The Bertz CT molecular complexity index is 649. The van der Waals surface area contributed by atoms with E-state index in [2.05, 4.69) is 16.0 Å². The first-order valence-corrected chi connectivity index (χ1v) is 10.8. The van der Waals surface area contributed by atoms with Crippen molar-refractivity contribution in [3.05, 3.63) is 35.9 Å². The van der Waals surface area contributed by atoms with Gasteiger partial charge in [0, 0.05) is 12.6 Å². The molecule has 7 heteroatoms. The standard InChI is InChI=1S/C22H33N3O4/c26-15-20-19(25-22(28)24-17-9-5-2-6-10-17)12-11-18(29-20)13-21(27)23-14-16-7-3-1-4-8-16/h1,3-4,7-8,17-20,26H,2,5-6,9-15H2,(H,23,27)(H2,24,25,28)/t18-,19-,20-/m0/s1. The van der Waals surface area contributed by atoms with Crippen molar-refractivity contribution in [1.82, 2.24) is 16.0 Å². The highest BCUT2D eigenvalue weighted by molar-refractivity contribution is 5.76. The van der Waals surface area contributed by atoms with E-state index in [1.807, 2.05) is 30.3 Å². The Balaban J connectivity index is 1.40. The third kappa shape index (κ3) is 7.01. The lowest BCUT2D eigenvalue weighted by molar-refractivity contribution is -0.130. The number of rotatable bonds is 7. The third-order valence-electron chi connectivity index (χ3n) is 5.80. The molecule has 160 valence electrons. The van der Waals surface area contributed by atoms with Gasteiger partial charge in [0.25, 0.3) is 0 Å². The van der Waals surface area contributed by atoms with Crippen LogP contribution in [0.1, 0.15) is 56.9 Å². The summed E-state index contributed by atoms with van der Waals surface area (Å²) in [6, 6.07) is 9.55. The van der Waals surface area contributed by atoms with Crippen LogP contribution < -0.4 is 16.0 Å². The number of nitrogens with one attached hydrogen (secondary N) is 3. The minimum atomic E-state index is -0.493. The van der Waals surface area contributed by atoms with E-state index in [1.165, 1.54) is 6.42 Å². The van der Waals surface area contributed by atoms with Crippen LogP contribution in [-0.4, -0.2) is 47.9 Å². The van der Waals surface area contributed by atoms with Crippen LogP contribution in [0.5, 0.6) is 0 Å². The topological polar surface area (TPSA) is 99.7 Å². The van der Waals surface area contributed by atoms with Gasteiger partial charge in [0.1, 0.15) is 6.10 Å². The van der Waals surface area contributed by atoms with Crippen molar-refractivity contribution in [2.45, 2.75) is 82.2 Å². The van der Waals surface area contributed by atoms with Crippen LogP contribution in [0.3, 0.4) is 0 Å². The van der Waals surface area contributed by atoms with Crippen molar-refractivity contribution in [3.8, 4) is 0 Å². The zero-order valence-electron chi connectivity index (χ0n) is 16.9. The van der Waals surface area contributed by atoms with Crippen molar-refractivity contribution in [1.29, 1.82) is 0 Å². The number of amides is 3. The maximum Gasteiger partial charge on any atom is 0.315 e. The molecular formula is C22H33N3O4. The van der Waals surface area contributed by atoms with Gasteiger partial charge in [-0.3, -0.25) is 4.79 Å². The maximum atomic E-state index is 12.3. The summed E-state index contributed by atoms with van der Waals surface area (Å²) in [5.41, 5.74) is 1.05. The highest BCUT2D eigenvalue weighted by atomic mass is 16.5. The van der Waals surface area contributed by atoms with Gasteiger partial charge in [-0.2, -0.15) is 0 Å². The molecule has 29 heavy (non-hydrogen) atoms. The molecule has 1 aliphatic heterocycles. The fraction of sp³-hybridized carbons (Fsp3) is 0.636. The van der Waals surface area contributed by atoms with E-state index in [9.17, 15) is 14.7 Å². The molecule has 1 aromatic carbocycles. The van der Waals surface area contributed by atoms with E-state index in [1.54, 1.807) is 0 Å². The fourth-order valence-corrected chi connectivity index (χ4v) is 4.16. The number of carbonyl (C=O) groups is 2. The summed E-state index contributed by atoms with van der Waals surface area (Å²) in [6.45, 7) is 0.303. The van der Waals surface area contributed by atoms with Crippen LogP contribution in [0.25, 0.3) is 0 Å². The molecule has 0 bridgehead atoms. The second kappa shape index (κ2) is 11.2. The Morgan fingerprint density at radius 3 is 2.48 bits per heavy atom. The molecule has 1 saturated carbocycles. The fourth-order valence-electron chi connectivity index (χ4n) is 4.16. The van der Waals surface area contributed by atoms with Gasteiger partial charge in [-0.05, 0) is 31.2 Å². The van der Waals surface area contributed by atoms with E-state index >= 15 is 0 Å². The molecule has 4 N–H and O–H groups in total. The van der Waals surface area contributed by atoms with Gasteiger partial charge in [-0.15, -0.1) is 0 Å². The molecule has 3 rings (SSSR count). The molecule has 2 aliphatic rings. The van der Waals surface area contributed by atoms with Crippen LogP contribution in [0.2, 0.25) is 0 Å². The van der Waals surface area contributed by atoms with E-state index in [-0.39, 0.29) is 43.2 Å². The largest absolute Gasteiger partial charge is 0.394 e. The molecule has 7 nitrogen and oxygen atoms in total. The van der Waals surface area contributed by atoms with Crippen molar-refractivity contribution in [2.75, 3.05) is 6.61 Å². The molecule has 1 aromatic rings. The molecule has 2 fully saturated rings. The lowest BCUT2D eigenvalue weighted by Gasteiger charge is -2.36. The van der Waals surface area contributed by atoms with E-state index in [0.29, 0.717) is 19.4 Å². The van der Waals surface area contributed by atoms with Crippen molar-refractivity contribution in [2.24, 2.45) is 0 Å². The highest BCUT2D eigenvalue weighted by Crippen LogP contribution is 2.22. The molecule has 3 amide bonds. The van der Waals surface area contributed by atoms with Gasteiger partial charge in [0.15, 0.2) is 0 Å². The normalized spacial score (nSPS) is 25.2. The molecule has 1 heterocycles. The van der Waals surface area contributed by atoms with Crippen LogP contribution in [0.4, 0.5) is 4.79 Å². The average Bonchev–Trinajstić information content (AvgIpc) is 2.74. The molecule has 0 unspecified atom stereocenters. The van der Waals surface area contributed by atoms with Crippen LogP contribution in [-0.2, 0) is 16.1 Å².